The van der Waals surface area contributed by atoms with Gasteiger partial charge in [0.05, 0.1) is 17.1 Å². The molecule has 0 bridgehead atoms. The first-order valence-electron chi connectivity index (χ1n) is 8.59. The third-order valence-electron chi connectivity index (χ3n) is 4.43. The molecular weight excluding hydrogens is 414 g/mol. The van der Waals surface area contributed by atoms with Crippen LogP contribution >= 0.6 is 0 Å². The van der Waals surface area contributed by atoms with Crippen molar-refractivity contribution in [2.45, 2.75) is 4.90 Å². The number of hydrogen-bond acceptors (Lipinski definition) is 4. The highest BCUT2D eigenvalue weighted by atomic mass is 32.2. The average Bonchev–Trinajstić information content (AvgIpc) is 2.67. The molecule has 1 aliphatic rings. The van der Waals surface area contributed by atoms with Gasteiger partial charge in [-0.25, -0.2) is 26.0 Å². The summed E-state index contributed by atoms with van der Waals surface area (Å²) in [6, 6.07) is 5.04. The first kappa shape index (κ1) is 21.2. The molecule has 1 heterocycles. The largest absolute Gasteiger partial charge is 0.322 e. The number of halogens is 4. The van der Waals surface area contributed by atoms with Gasteiger partial charge in [-0.1, -0.05) is 0 Å². The highest BCUT2D eigenvalue weighted by Gasteiger charge is 2.29. The minimum atomic E-state index is -4.00. The first-order chi connectivity index (χ1) is 13.7. The van der Waals surface area contributed by atoms with Crippen LogP contribution in [0.15, 0.2) is 41.3 Å². The van der Waals surface area contributed by atoms with Crippen LogP contribution in [0.25, 0.3) is 0 Å². The van der Waals surface area contributed by atoms with Crippen molar-refractivity contribution in [2.75, 3.05) is 38.0 Å². The molecule has 0 radical (unpaired) electrons. The third-order valence-corrected chi connectivity index (χ3v) is 6.32. The van der Waals surface area contributed by atoms with E-state index in [-0.39, 0.29) is 43.3 Å². The SMILES string of the molecule is O=C(CN1CCN(S(=O)(=O)c2ccc(F)c(F)c2)CC1)Nc1cc(F)ccc1F. The first-order valence-corrected chi connectivity index (χ1v) is 10.0. The maximum Gasteiger partial charge on any atom is 0.243 e. The molecule has 3 rings (SSSR count). The molecule has 1 saturated heterocycles. The molecule has 1 amide bonds. The van der Waals surface area contributed by atoms with Gasteiger partial charge < -0.3 is 5.32 Å². The van der Waals surface area contributed by atoms with Crippen molar-refractivity contribution in [2.24, 2.45) is 0 Å². The molecule has 0 aromatic heterocycles. The van der Waals surface area contributed by atoms with E-state index in [1.807, 2.05) is 0 Å². The van der Waals surface area contributed by atoms with E-state index in [1.165, 1.54) is 0 Å². The zero-order chi connectivity index (χ0) is 21.2. The van der Waals surface area contributed by atoms with E-state index in [1.54, 1.807) is 4.90 Å². The van der Waals surface area contributed by atoms with Gasteiger partial charge in [0.15, 0.2) is 11.6 Å². The lowest BCUT2D eigenvalue weighted by molar-refractivity contribution is -0.117. The molecule has 0 unspecified atom stereocenters. The van der Waals surface area contributed by atoms with Gasteiger partial charge in [0, 0.05) is 32.2 Å². The van der Waals surface area contributed by atoms with E-state index in [2.05, 4.69) is 5.32 Å². The Labute approximate surface area is 164 Å². The number of amides is 1. The number of hydrogen-bond donors (Lipinski definition) is 1. The predicted molar refractivity (Wildman–Crippen MR) is 96.5 cm³/mol. The molecule has 156 valence electrons. The number of benzene rings is 2. The van der Waals surface area contributed by atoms with Crippen molar-refractivity contribution in [3.8, 4) is 0 Å². The van der Waals surface area contributed by atoms with Crippen molar-refractivity contribution < 1.29 is 30.8 Å². The van der Waals surface area contributed by atoms with Gasteiger partial charge in [-0.3, -0.25) is 9.69 Å². The van der Waals surface area contributed by atoms with Gasteiger partial charge in [-0.15, -0.1) is 0 Å². The van der Waals surface area contributed by atoms with Gasteiger partial charge in [0.2, 0.25) is 15.9 Å². The molecule has 1 aliphatic heterocycles. The predicted octanol–water partition coefficient (Wildman–Crippen LogP) is 2.19. The molecule has 0 saturated carbocycles. The Morgan fingerprint density at radius 3 is 2.21 bits per heavy atom. The molecule has 0 aliphatic carbocycles. The molecular formula is C18H17F4N3O3S. The third kappa shape index (κ3) is 4.92. The highest BCUT2D eigenvalue weighted by Crippen LogP contribution is 2.20. The van der Waals surface area contributed by atoms with Crippen molar-refractivity contribution >= 4 is 21.6 Å². The summed E-state index contributed by atoms with van der Waals surface area (Å²) in [7, 11) is -4.00. The number of rotatable bonds is 5. The number of nitrogens with one attached hydrogen (secondary N) is 1. The van der Waals surface area contributed by atoms with E-state index in [4.69, 9.17) is 0 Å². The summed E-state index contributed by atoms with van der Waals surface area (Å²) in [6.07, 6.45) is 0. The number of nitrogens with zero attached hydrogens (tertiary/aromatic N) is 2. The fourth-order valence-electron chi connectivity index (χ4n) is 2.90. The molecule has 29 heavy (non-hydrogen) atoms. The number of carbonyl (C=O) groups is 1. The van der Waals surface area contributed by atoms with E-state index in [9.17, 15) is 30.8 Å². The van der Waals surface area contributed by atoms with Gasteiger partial charge in [-0.05, 0) is 30.3 Å². The molecule has 1 fully saturated rings. The van der Waals surface area contributed by atoms with Gasteiger partial charge in [0.1, 0.15) is 11.6 Å². The zero-order valence-corrected chi connectivity index (χ0v) is 15.9. The van der Waals surface area contributed by atoms with Crippen LogP contribution in [0.4, 0.5) is 23.2 Å². The lowest BCUT2D eigenvalue weighted by Gasteiger charge is -2.33. The Kier molecular flexibility index (Phi) is 6.20. The summed E-state index contributed by atoms with van der Waals surface area (Å²) >= 11 is 0. The maximum absolute atomic E-state index is 13.6. The van der Waals surface area contributed by atoms with E-state index in [0.717, 1.165) is 34.6 Å². The van der Waals surface area contributed by atoms with E-state index < -0.39 is 39.2 Å². The summed E-state index contributed by atoms with van der Waals surface area (Å²) in [5, 5.41) is 2.27. The Bertz CT molecular complexity index is 1030. The molecule has 0 spiro atoms. The normalized spacial score (nSPS) is 16.0. The highest BCUT2D eigenvalue weighted by molar-refractivity contribution is 7.89. The zero-order valence-electron chi connectivity index (χ0n) is 15.0. The number of piperazine rings is 1. The van der Waals surface area contributed by atoms with Crippen LogP contribution in [-0.4, -0.2) is 56.3 Å². The van der Waals surface area contributed by atoms with Crippen LogP contribution in [-0.2, 0) is 14.8 Å². The Hall–Kier alpha value is -2.50. The van der Waals surface area contributed by atoms with Crippen LogP contribution in [0.2, 0.25) is 0 Å². The van der Waals surface area contributed by atoms with Crippen molar-refractivity contribution in [1.82, 2.24) is 9.21 Å². The minimum absolute atomic E-state index is 0.0307. The van der Waals surface area contributed by atoms with Crippen LogP contribution in [0.1, 0.15) is 0 Å². The van der Waals surface area contributed by atoms with Crippen LogP contribution < -0.4 is 5.32 Å². The number of sulfonamides is 1. The van der Waals surface area contributed by atoms with Crippen molar-refractivity contribution in [3.63, 3.8) is 0 Å². The van der Waals surface area contributed by atoms with Crippen molar-refractivity contribution in [1.29, 1.82) is 0 Å². The molecule has 11 heteroatoms. The molecule has 2 aromatic rings. The standard InChI is InChI=1S/C18H17F4N3O3S/c19-12-1-3-15(21)17(9-12)23-18(26)11-24-5-7-25(8-6-24)29(27,28)13-2-4-14(20)16(22)10-13/h1-4,9-10H,5-8,11H2,(H,23,26). The monoisotopic (exact) mass is 431 g/mol. The molecule has 1 N–H and O–H groups in total. The summed E-state index contributed by atoms with van der Waals surface area (Å²) in [4.78, 5) is 13.3. The fraction of sp³-hybridized carbons (Fsp3) is 0.278. The Balaban J connectivity index is 1.58. The second kappa shape index (κ2) is 8.47. The minimum Gasteiger partial charge on any atom is -0.322 e. The lowest BCUT2D eigenvalue weighted by atomic mass is 10.3. The molecule has 0 atom stereocenters. The van der Waals surface area contributed by atoms with Crippen LogP contribution in [0.3, 0.4) is 0 Å². The molecule has 6 nitrogen and oxygen atoms in total. The second-order valence-electron chi connectivity index (χ2n) is 6.43. The van der Waals surface area contributed by atoms with Crippen LogP contribution in [0.5, 0.6) is 0 Å². The number of anilines is 1. The quantitative estimate of drug-likeness (QED) is 0.737. The summed E-state index contributed by atoms with van der Waals surface area (Å²) in [6.45, 7) is 0.310. The van der Waals surface area contributed by atoms with E-state index in [0.29, 0.717) is 6.07 Å². The van der Waals surface area contributed by atoms with Gasteiger partial charge in [0.25, 0.3) is 0 Å². The second-order valence-corrected chi connectivity index (χ2v) is 8.37. The maximum atomic E-state index is 13.6. The lowest BCUT2D eigenvalue weighted by Crippen LogP contribution is -2.50. The molecule has 2 aromatic carbocycles. The summed E-state index contributed by atoms with van der Waals surface area (Å²) < 4.78 is 79.4. The van der Waals surface area contributed by atoms with Gasteiger partial charge >= 0.3 is 0 Å². The smallest absolute Gasteiger partial charge is 0.243 e. The fourth-order valence-corrected chi connectivity index (χ4v) is 4.34. The van der Waals surface area contributed by atoms with Gasteiger partial charge in [-0.2, -0.15) is 4.31 Å². The van der Waals surface area contributed by atoms with E-state index >= 15 is 0 Å². The average molecular weight is 431 g/mol. The number of carbonyl (C=O) groups excluding carboxylic acids is 1. The topological polar surface area (TPSA) is 69.7 Å². The van der Waals surface area contributed by atoms with Crippen LogP contribution in [0, 0.1) is 23.3 Å². The van der Waals surface area contributed by atoms with Crippen molar-refractivity contribution in [3.05, 3.63) is 59.7 Å². The summed E-state index contributed by atoms with van der Waals surface area (Å²) in [5.74, 6) is -4.45. The summed E-state index contributed by atoms with van der Waals surface area (Å²) in [5.41, 5.74) is -0.283. The Morgan fingerprint density at radius 1 is 0.897 bits per heavy atom. The Morgan fingerprint density at radius 2 is 1.55 bits per heavy atom.